The van der Waals surface area contributed by atoms with E-state index >= 15 is 0 Å². The van der Waals surface area contributed by atoms with Crippen molar-refractivity contribution in [1.29, 1.82) is 0 Å². The van der Waals surface area contributed by atoms with Crippen LogP contribution < -0.4 is 4.74 Å². The zero-order valence-corrected chi connectivity index (χ0v) is 23.1. The topological polar surface area (TPSA) is 93.1 Å². The Morgan fingerprint density at radius 1 is 0.974 bits per heavy atom. The highest BCUT2D eigenvalue weighted by Crippen LogP contribution is 2.42. The number of likely N-dealkylation sites (tertiary alicyclic amines) is 1. The summed E-state index contributed by atoms with van der Waals surface area (Å²) in [6.45, 7) is 7.91. The molecule has 1 atom stereocenters. The highest BCUT2D eigenvalue weighted by atomic mass is 16.5. The Kier molecular flexibility index (Phi) is 7.90. The van der Waals surface area contributed by atoms with Crippen LogP contribution in [0.4, 0.5) is 0 Å². The van der Waals surface area contributed by atoms with Crippen LogP contribution in [0.2, 0.25) is 0 Å². The molecule has 0 aliphatic carbocycles. The first-order valence-electron chi connectivity index (χ1n) is 12.8. The molecule has 1 saturated heterocycles. The summed E-state index contributed by atoms with van der Waals surface area (Å²) in [5.41, 5.74) is 4.89. The fourth-order valence-electron chi connectivity index (χ4n) is 5.05. The SMILES string of the molecule is COC(=O)c1ccc(CN2C(=O)C(=O)/C(=C(/O)c3cc(C(C)C)c(OC)cc3C)C2c2ccccc2C)cc1. The molecule has 1 aliphatic heterocycles. The van der Waals surface area contributed by atoms with Crippen molar-refractivity contribution >= 4 is 23.4 Å². The van der Waals surface area contributed by atoms with Crippen molar-refractivity contribution in [3.05, 3.63) is 105 Å². The van der Waals surface area contributed by atoms with Crippen LogP contribution in [0.25, 0.3) is 5.76 Å². The van der Waals surface area contributed by atoms with E-state index in [1.54, 1.807) is 31.4 Å². The first-order valence-corrected chi connectivity index (χ1v) is 12.8. The van der Waals surface area contributed by atoms with Gasteiger partial charge < -0.3 is 19.5 Å². The summed E-state index contributed by atoms with van der Waals surface area (Å²) in [4.78, 5) is 40.4. The molecule has 1 fully saturated rings. The Morgan fingerprint density at radius 3 is 2.23 bits per heavy atom. The molecule has 39 heavy (non-hydrogen) atoms. The Hall–Kier alpha value is -4.39. The molecule has 1 amide bonds. The number of benzene rings is 3. The standard InChI is InChI=1S/C32H33NO6/c1-18(2)24-16-25(20(4)15-26(24)38-5)29(34)27-28(23-10-8-7-9-19(23)3)33(31(36)30(27)35)17-21-11-13-22(14-12-21)32(37)39-6/h7-16,18,28,34H,17H2,1-6H3/b29-27+. The second-order valence-electron chi connectivity index (χ2n) is 10.0. The molecular formula is C32H33NO6. The predicted molar refractivity (Wildman–Crippen MR) is 149 cm³/mol. The maximum absolute atomic E-state index is 13.6. The fraction of sp³-hybridized carbons (Fsp3) is 0.281. The van der Waals surface area contributed by atoms with Crippen molar-refractivity contribution in [1.82, 2.24) is 4.90 Å². The van der Waals surface area contributed by atoms with Gasteiger partial charge in [-0.25, -0.2) is 4.79 Å². The summed E-state index contributed by atoms with van der Waals surface area (Å²) >= 11 is 0. The van der Waals surface area contributed by atoms with E-state index in [4.69, 9.17) is 9.47 Å². The van der Waals surface area contributed by atoms with E-state index in [2.05, 4.69) is 0 Å². The van der Waals surface area contributed by atoms with E-state index in [-0.39, 0.29) is 23.8 Å². The van der Waals surface area contributed by atoms with E-state index in [1.165, 1.54) is 12.0 Å². The molecule has 4 rings (SSSR count). The largest absolute Gasteiger partial charge is 0.507 e. The van der Waals surface area contributed by atoms with Gasteiger partial charge in [-0.05, 0) is 71.8 Å². The van der Waals surface area contributed by atoms with Crippen molar-refractivity contribution in [2.75, 3.05) is 14.2 Å². The monoisotopic (exact) mass is 527 g/mol. The van der Waals surface area contributed by atoms with Gasteiger partial charge in [0.15, 0.2) is 0 Å². The van der Waals surface area contributed by atoms with Crippen LogP contribution in [0, 0.1) is 13.8 Å². The molecule has 3 aromatic rings. The fourth-order valence-corrected chi connectivity index (χ4v) is 5.05. The van der Waals surface area contributed by atoms with Crippen molar-refractivity contribution in [3.8, 4) is 5.75 Å². The number of nitrogens with zero attached hydrogens (tertiary/aromatic N) is 1. The lowest BCUT2D eigenvalue weighted by Crippen LogP contribution is -2.29. The average Bonchev–Trinajstić information content (AvgIpc) is 3.17. The number of aryl methyl sites for hydroxylation is 2. The van der Waals surface area contributed by atoms with E-state index in [9.17, 15) is 19.5 Å². The summed E-state index contributed by atoms with van der Waals surface area (Å²) in [5.74, 6) is -1.31. The number of methoxy groups -OCH3 is 2. The molecule has 3 aromatic carbocycles. The van der Waals surface area contributed by atoms with Crippen LogP contribution in [0.15, 0.2) is 66.2 Å². The number of carbonyl (C=O) groups is 3. The highest BCUT2D eigenvalue weighted by molar-refractivity contribution is 6.46. The molecule has 1 unspecified atom stereocenters. The third kappa shape index (κ3) is 5.17. The third-order valence-electron chi connectivity index (χ3n) is 7.20. The quantitative estimate of drug-likeness (QED) is 0.180. The number of hydrogen-bond donors (Lipinski definition) is 1. The minimum absolute atomic E-state index is 0.0449. The van der Waals surface area contributed by atoms with Crippen LogP contribution in [-0.4, -0.2) is 41.9 Å². The second-order valence-corrected chi connectivity index (χ2v) is 10.0. The lowest BCUT2D eigenvalue weighted by atomic mass is 9.89. The van der Waals surface area contributed by atoms with Crippen molar-refractivity contribution in [2.45, 2.75) is 46.2 Å². The summed E-state index contributed by atoms with van der Waals surface area (Å²) in [5, 5.41) is 11.7. The summed E-state index contributed by atoms with van der Waals surface area (Å²) in [6, 6.07) is 17.1. The maximum Gasteiger partial charge on any atom is 0.337 e. The maximum atomic E-state index is 13.6. The minimum atomic E-state index is -0.796. The zero-order valence-electron chi connectivity index (χ0n) is 23.1. The first kappa shape index (κ1) is 27.6. The number of esters is 1. The summed E-state index contributed by atoms with van der Waals surface area (Å²) in [7, 11) is 2.91. The lowest BCUT2D eigenvalue weighted by Gasteiger charge is -2.27. The van der Waals surface area contributed by atoms with Gasteiger partial charge >= 0.3 is 5.97 Å². The van der Waals surface area contributed by atoms with Gasteiger partial charge in [-0.1, -0.05) is 50.2 Å². The van der Waals surface area contributed by atoms with Crippen LogP contribution in [0.3, 0.4) is 0 Å². The number of amides is 1. The molecule has 0 saturated carbocycles. The Labute approximate surface area is 228 Å². The van der Waals surface area contributed by atoms with Crippen molar-refractivity contribution in [2.24, 2.45) is 0 Å². The van der Waals surface area contributed by atoms with E-state index in [0.717, 1.165) is 27.8 Å². The molecule has 7 nitrogen and oxygen atoms in total. The van der Waals surface area contributed by atoms with Gasteiger partial charge in [-0.15, -0.1) is 0 Å². The number of aliphatic hydroxyl groups excluding tert-OH is 1. The van der Waals surface area contributed by atoms with Gasteiger partial charge in [0.25, 0.3) is 11.7 Å². The number of Topliss-reactive ketones (excluding diaryl/α,β-unsaturated/α-hetero) is 1. The van der Waals surface area contributed by atoms with E-state index < -0.39 is 23.7 Å². The normalized spacial score (nSPS) is 16.6. The molecular weight excluding hydrogens is 494 g/mol. The van der Waals surface area contributed by atoms with Gasteiger partial charge in [0.05, 0.1) is 31.4 Å². The molecule has 1 aliphatic rings. The number of ketones is 1. The number of carbonyl (C=O) groups excluding carboxylic acids is 3. The van der Waals surface area contributed by atoms with Crippen molar-refractivity contribution in [3.63, 3.8) is 0 Å². The molecule has 1 heterocycles. The zero-order chi connectivity index (χ0) is 28.4. The third-order valence-corrected chi connectivity index (χ3v) is 7.20. The summed E-state index contributed by atoms with van der Waals surface area (Å²) < 4.78 is 10.3. The lowest BCUT2D eigenvalue weighted by molar-refractivity contribution is -0.140. The Bertz CT molecular complexity index is 1470. The Morgan fingerprint density at radius 2 is 1.64 bits per heavy atom. The average molecular weight is 528 g/mol. The number of aliphatic hydroxyl groups is 1. The van der Waals surface area contributed by atoms with E-state index in [1.807, 2.05) is 64.1 Å². The second kappa shape index (κ2) is 11.2. The summed E-state index contributed by atoms with van der Waals surface area (Å²) in [6.07, 6.45) is 0. The predicted octanol–water partition coefficient (Wildman–Crippen LogP) is 5.84. The van der Waals surface area contributed by atoms with Crippen LogP contribution in [-0.2, 0) is 20.9 Å². The number of hydrogen-bond acceptors (Lipinski definition) is 6. The number of ether oxygens (including phenoxy) is 2. The van der Waals surface area contributed by atoms with E-state index in [0.29, 0.717) is 16.9 Å². The van der Waals surface area contributed by atoms with Gasteiger partial charge in [0.1, 0.15) is 11.5 Å². The first-order chi connectivity index (χ1) is 18.6. The molecule has 0 radical (unpaired) electrons. The highest BCUT2D eigenvalue weighted by Gasteiger charge is 2.46. The molecule has 1 N–H and O–H groups in total. The van der Waals surface area contributed by atoms with Gasteiger partial charge in [0.2, 0.25) is 0 Å². The van der Waals surface area contributed by atoms with Gasteiger partial charge in [-0.3, -0.25) is 9.59 Å². The Balaban J connectivity index is 1.88. The van der Waals surface area contributed by atoms with Gasteiger partial charge in [-0.2, -0.15) is 0 Å². The molecule has 0 aromatic heterocycles. The smallest absolute Gasteiger partial charge is 0.337 e. The molecule has 0 spiro atoms. The van der Waals surface area contributed by atoms with Crippen LogP contribution in [0.1, 0.15) is 69.5 Å². The van der Waals surface area contributed by atoms with Crippen LogP contribution >= 0.6 is 0 Å². The molecule has 0 bridgehead atoms. The minimum Gasteiger partial charge on any atom is -0.507 e. The number of rotatable bonds is 7. The van der Waals surface area contributed by atoms with Crippen molar-refractivity contribution < 1.29 is 29.0 Å². The molecule has 202 valence electrons. The van der Waals surface area contributed by atoms with Crippen LogP contribution in [0.5, 0.6) is 5.75 Å². The molecule has 7 heteroatoms. The van der Waals surface area contributed by atoms with Gasteiger partial charge in [0, 0.05) is 12.1 Å².